The molecule has 0 aliphatic carbocycles. The molecule has 0 atom stereocenters. The summed E-state index contributed by atoms with van der Waals surface area (Å²) in [6.07, 6.45) is -11.3. The van der Waals surface area contributed by atoms with Gasteiger partial charge in [0.2, 0.25) is 0 Å². The standard InChI is InChI=1S/C24H17ClF7IN8O2/c1-11-6-12(33)7-14(20(42)34-2)18(11)36-21(43)16-8-13(38-41(16)19-15(25)4-3-5-35-19)9-40-10-17(37-39-40)22(26,23(27,28)29)24(30,31)32/h3-8,10H,9H2,1-2H3,(H,34,42)(H,36,43). The van der Waals surface area contributed by atoms with Crippen LogP contribution in [0.15, 0.2) is 42.7 Å². The number of benzene rings is 1. The average Bonchev–Trinajstić information content (AvgIpc) is 3.55. The van der Waals surface area contributed by atoms with Gasteiger partial charge in [-0.25, -0.2) is 18.7 Å². The van der Waals surface area contributed by atoms with Crippen LogP contribution in [0.4, 0.5) is 36.4 Å². The molecule has 228 valence electrons. The minimum atomic E-state index is -6.38. The molecule has 0 unspecified atom stereocenters. The third kappa shape index (κ3) is 6.15. The Morgan fingerprint density at radius 3 is 2.33 bits per heavy atom. The first-order valence-corrected chi connectivity index (χ1v) is 13.2. The Morgan fingerprint density at radius 1 is 1.05 bits per heavy atom. The lowest BCUT2D eigenvalue weighted by Crippen LogP contribution is -2.50. The van der Waals surface area contributed by atoms with Gasteiger partial charge < -0.3 is 10.6 Å². The van der Waals surface area contributed by atoms with Crippen LogP contribution in [0.25, 0.3) is 5.82 Å². The Balaban J connectivity index is 1.76. The highest BCUT2D eigenvalue weighted by Gasteiger charge is 2.75. The number of carbonyl (C=O) groups excluding carboxylic acids is 2. The molecule has 0 fully saturated rings. The van der Waals surface area contributed by atoms with E-state index in [1.54, 1.807) is 13.0 Å². The zero-order valence-electron chi connectivity index (χ0n) is 21.7. The Morgan fingerprint density at radius 2 is 1.72 bits per heavy atom. The molecule has 10 nitrogen and oxygen atoms in total. The van der Waals surface area contributed by atoms with E-state index in [1.807, 2.05) is 22.6 Å². The van der Waals surface area contributed by atoms with Gasteiger partial charge in [0, 0.05) is 16.8 Å². The summed E-state index contributed by atoms with van der Waals surface area (Å²) in [5.41, 5.74) is -7.35. The predicted octanol–water partition coefficient (Wildman–Crippen LogP) is 5.37. The van der Waals surface area contributed by atoms with Gasteiger partial charge in [0.25, 0.3) is 11.8 Å². The summed E-state index contributed by atoms with van der Waals surface area (Å²) in [5.74, 6) is -1.38. The molecule has 0 radical (unpaired) electrons. The van der Waals surface area contributed by atoms with E-state index >= 15 is 0 Å². The minimum absolute atomic E-state index is 0.0308. The molecule has 2 amide bonds. The second-order valence-corrected chi connectivity index (χ2v) is 10.5. The molecule has 3 heterocycles. The van der Waals surface area contributed by atoms with Crippen LogP contribution in [0.5, 0.6) is 0 Å². The van der Waals surface area contributed by atoms with Gasteiger partial charge >= 0.3 is 18.0 Å². The number of amides is 2. The first-order valence-electron chi connectivity index (χ1n) is 11.7. The van der Waals surface area contributed by atoms with Crippen molar-refractivity contribution in [1.29, 1.82) is 0 Å². The van der Waals surface area contributed by atoms with Gasteiger partial charge in [0.05, 0.1) is 34.7 Å². The van der Waals surface area contributed by atoms with Crippen LogP contribution in [0.2, 0.25) is 5.02 Å². The van der Waals surface area contributed by atoms with E-state index < -0.39 is 42.1 Å². The highest BCUT2D eigenvalue weighted by Crippen LogP contribution is 2.52. The Bertz CT molecular complexity index is 1690. The van der Waals surface area contributed by atoms with Gasteiger partial charge in [-0.05, 0) is 65.4 Å². The molecule has 1 aromatic carbocycles. The number of rotatable bonds is 7. The predicted molar refractivity (Wildman–Crippen MR) is 146 cm³/mol. The van der Waals surface area contributed by atoms with E-state index in [2.05, 4.69) is 31.0 Å². The quantitative estimate of drug-likeness (QED) is 0.194. The van der Waals surface area contributed by atoms with Crippen molar-refractivity contribution >= 4 is 51.7 Å². The van der Waals surface area contributed by atoms with E-state index in [9.17, 15) is 40.3 Å². The molecule has 0 aliphatic heterocycles. The fourth-order valence-corrected chi connectivity index (χ4v) is 4.89. The van der Waals surface area contributed by atoms with Crippen LogP contribution in [0, 0.1) is 10.5 Å². The number of hydrogen-bond donors (Lipinski definition) is 2. The van der Waals surface area contributed by atoms with Crippen LogP contribution in [0.1, 0.15) is 37.8 Å². The van der Waals surface area contributed by atoms with Crippen molar-refractivity contribution < 1.29 is 40.3 Å². The number of nitrogens with one attached hydrogen (secondary N) is 2. The van der Waals surface area contributed by atoms with Crippen LogP contribution >= 0.6 is 34.2 Å². The zero-order chi connectivity index (χ0) is 31.9. The van der Waals surface area contributed by atoms with Crippen LogP contribution < -0.4 is 10.6 Å². The number of hydrogen-bond acceptors (Lipinski definition) is 6. The number of anilines is 1. The molecule has 0 bridgehead atoms. The fourth-order valence-electron chi connectivity index (χ4n) is 3.91. The summed E-state index contributed by atoms with van der Waals surface area (Å²) in [6.45, 7) is 1.01. The van der Waals surface area contributed by atoms with E-state index in [1.165, 1.54) is 31.4 Å². The first kappa shape index (κ1) is 32.1. The lowest BCUT2D eigenvalue weighted by molar-refractivity contribution is -0.350. The summed E-state index contributed by atoms with van der Waals surface area (Å²) in [7, 11) is 1.40. The molecule has 4 rings (SSSR count). The molecule has 3 aromatic heterocycles. The Kier molecular flexibility index (Phi) is 8.74. The monoisotopic (exact) mass is 744 g/mol. The number of pyridine rings is 1. The number of alkyl halides is 7. The topological polar surface area (TPSA) is 120 Å². The summed E-state index contributed by atoms with van der Waals surface area (Å²) >= 11 is 8.24. The fraction of sp³-hybridized carbons (Fsp3) is 0.250. The number of halogens is 9. The maximum atomic E-state index is 14.4. The molecule has 2 N–H and O–H groups in total. The van der Waals surface area contributed by atoms with Gasteiger partial charge in [-0.15, -0.1) is 5.10 Å². The van der Waals surface area contributed by atoms with Gasteiger partial charge in [0.1, 0.15) is 11.4 Å². The molecular weight excluding hydrogens is 728 g/mol. The highest BCUT2D eigenvalue weighted by molar-refractivity contribution is 14.1. The number of aromatic nitrogens is 6. The lowest BCUT2D eigenvalue weighted by Gasteiger charge is -2.27. The second kappa shape index (κ2) is 11.7. The van der Waals surface area contributed by atoms with E-state index in [4.69, 9.17) is 11.6 Å². The van der Waals surface area contributed by atoms with E-state index in [-0.39, 0.29) is 39.7 Å². The first-order chi connectivity index (χ1) is 20.0. The van der Waals surface area contributed by atoms with Crippen molar-refractivity contribution in [3.05, 3.63) is 79.5 Å². The van der Waals surface area contributed by atoms with Gasteiger partial charge in [0.15, 0.2) is 5.82 Å². The normalized spacial score (nSPS) is 12.3. The number of carbonyl (C=O) groups is 2. The maximum absolute atomic E-state index is 14.4. The van der Waals surface area contributed by atoms with Crippen LogP contribution in [-0.4, -0.2) is 61.0 Å². The molecule has 0 saturated heterocycles. The lowest BCUT2D eigenvalue weighted by atomic mass is 10.0. The summed E-state index contributed by atoms with van der Waals surface area (Å²) in [4.78, 5) is 30.1. The smallest absolute Gasteiger partial charge is 0.355 e. The molecule has 43 heavy (non-hydrogen) atoms. The number of aryl methyl sites for hydroxylation is 1. The summed E-state index contributed by atoms with van der Waals surface area (Å²) in [5, 5.41) is 15.3. The van der Waals surface area contributed by atoms with Crippen molar-refractivity contribution in [3.63, 3.8) is 0 Å². The zero-order valence-corrected chi connectivity index (χ0v) is 24.6. The van der Waals surface area contributed by atoms with Crippen molar-refractivity contribution in [2.45, 2.75) is 31.5 Å². The Hall–Kier alpha value is -3.81. The van der Waals surface area contributed by atoms with Crippen LogP contribution in [0.3, 0.4) is 0 Å². The molecule has 19 heteroatoms. The van der Waals surface area contributed by atoms with Gasteiger partial charge in [-0.1, -0.05) is 16.8 Å². The van der Waals surface area contributed by atoms with Crippen molar-refractivity contribution in [2.75, 3.05) is 12.4 Å². The molecule has 4 aromatic rings. The average molecular weight is 745 g/mol. The summed E-state index contributed by atoms with van der Waals surface area (Å²) < 4.78 is 95.5. The Labute approximate surface area is 255 Å². The second-order valence-electron chi connectivity index (χ2n) is 8.88. The summed E-state index contributed by atoms with van der Waals surface area (Å²) in [6, 6.07) is 7.30. The highest BCUT2D eigenvalue weighted by atomic mass is 127. The molecule has 0 aliphatic rings. The van der Waals surface area contributed by atoms with Crippen molar-refractivity contribution in [3.8, 4) is 5.82 Å². The molecule has 0 spiro atoms. The van der Waals surface area contributed by atoms with Gasteiger partial charge in [-0.3, -0.25) is 9.59 Å². The molecular formula is C24H17ClF7IN8O2. The van der Waals surface area contributed by atoms with Gasteiger partial charge in [-0.2, -0.15) is 31.4 Å². The van der Waals surface area contributed by atoms with Crippen LogP contribution in [-0.2, 0) is 12.2 Å². The largest absolute Gasteiger partial charge is 0.437 e. The van der Waals surface area contributed by atoms with E-state index in [0.717, 1.165) is 10.7 Å². The molecule has 0 saturated carbocycles. The minimum Gasteiger partial charge on any atom is -0.355 e. The number of nitrogens with zero attached hydrogens (tertiary/aromatic N) is 6. The third-order valence-corrected chi connectivity index (χ3v) is 6.86. The maximum Gasteiger partial charge on any atom is 0.437 e. The third-order valence-electron chi connectivity index (χ3n) is 5.94. The van der Waals surface area contributed by atoms with Crippen molar-refractivity contribution in [2.24, 2.45) is 0 Å². The van der Waals surface area contributed by atoms with Crippen molar-refractivity contribution in [1.82, 2.24) is 35.1 Å². The SMILES string of the molecule is CNC(=O)c1cc(I)cc(C)c1NC(=O)c1cc(Cn2cc(C(F)(C(F)(F)F)C(F)(F)F)nn2)nn1-c1ncccc1Cl. The van der Waals surface area contributed by atoms with E-state index in [0.29, 0.717) is 13.8 Å².